The van der Waals surface area contributed by atoms with E-state index in [2.05, 4.69) is 39.5 Å². The van der Waals surface area contributed by atoms with Crippen molar-refractivity contribution in [1.29, 1.82) is 0 Å². The van der Waals surface area contributed by atoms with Gasteiger partial charge in [0.05, 0.1) is 0 Å². The first-order valence-corrected chi connectivity index (χ1v) is 9.19. The van der Waals surface area contributed by atoms with Crippen molar-refractivity contribution in [3.05, 3.63) is 71.4 Å². The van der Waals surface area contributed by atoms with Gasteiger partial charge in [0.1, 0.15) is 5.82 Å². The van der Waals surface area contributed by atoms with Crippen LogP contribution in [0.3, 0.4) is 0 Å². The average Bonchev–Trinajstić information content (AvgIpc) is 2.67. The van der Waals surface area contributed by atoms with Gasteiger partial charge in [-0.1, -0.05) is 30.3 Å². The number of ketones is 1. The maximum Gasteiger partial charge on any atom is 0.232 e. The summed E-state index contributed by atoms with van der Waals surface area (Å²) in [4.78, 5) is 23.2. The predicted octanol–water partition coefficient (Wildman–Crippen LogP) is 4.82. The van der Waals surface area contributed by atoms with E-state index in [1.807, 2.05) is 37.3 Å². The molecule has 2 aromatic carbocycles. The molecule has 1 aliphatic heterocycles. The Morgan fingerprint density at radius 2 is 1.93 bits per heavy atom. The summed E-state index contributed by atoms with van der Waals surface area (Å²) < 4.78 is 0. The Morgan fingerprint density at radius 1 is 1.07 bits per heavy atom. The van der Waals surface area contributed by atoms with Crippen LogP contribution in [0.1, 0.15) is 35.0 Å². The molecule has 5 nitrogen and oxygen atoms in total. The van der Waals surface area contributed by atoms with Crippen LogP contribution in [0.5, 0.6) is 0 Å². The lowest BCUT2D eigenvalue weighted by atomic mass is 10.0. The first kappa shape index (κ1) is 17.2. The lowest BCUT2D eigenvalue weighted by Gasteiger charge is -2.29. The van der Waals surface area contributed by atoms with E-state index in [-0.39, 0.29) is 5.78 Å². The molecule has 0 saturated carbocycles. The molecule has 0 aliphatic carbocycles. The zero-order chi connectivity index (χ0) is 18.8. The molecule has 0 amide bonds. The second kappa shape index (κ2) is 7.19. The molecule has 2 heterocycles. The minimum atomic E-state index is 0.0446. The van der Waals surface area contributed by atoms with Gasteiger partial charge in [-0.05, 0) is 50.5 Å². The Morgan fingerprint density at radius 3 is 2.78 bits per heavy atom. The van der Waals surface area contributed by atoms with Crippen molar-refractivity contribution in [3.8, 4) is 0 Å². The highest BCUT2D eigenvalue weighted by atomic mass is 16.1. The van der Waals surface area contributed by atoms with E-state index in [4.69, 9.17) is 4.98 Å². The summed E-state index contributed by atoms with van der Waals surface area (Å²) in [7, 11) is 0. The number of nitrogens with one attached hydrogen (secondary N) is 1. The molecule has 27 heavy (non-hydrogen) atoms. The van der Waals surface area contributed by atoms with Gasteiger partial charge in [-0.3, -0.25) is 4.79 Å². The van der Waals surface area contributed by atoms with Crippen molar-refractivity contribution in [3.63, 3.8) is 0 Å². The van der Waals surface area contributed by atoms with E-state index < -0.39 is 0 Å². The second-order valence-corrected chi connectivity index (χ2v) is 6.84. The van der Waals surface area contributed by atoms with Gasteiger partial charge in [0, 0.05) is 35.2 Å². The summed E-state index contributed by atoms with van der Waals surface area (Å²) in [6.45, 7) is 4.44. The number of fused-ring (bicyclic) bond motifs is 1. The SMILES string of the molecule is CC(=O)c1cccc(Nc2cc(C)nc(N3CCCc4ccccc43)n2)c1. The predicted molar refractivity (Wildman–Crippen MR) is 108 cm³/mol. The molecule has 5 heteroatoms. The molecule has 0 spiro atoms. The largest absolute Gasteiger partial charge is 0.340 e. The van der Waals surface area contributed by atoms with Crippen molar-refractivity contribution < 1.29 is 4.79 Å². The zero-order valence-electron chi connectivity index (χ0n) is 15.6. The van der Waals surface area contributed by atoms with E-state index >= 15 is 0 Å². The average molecular weight is 358 g/mol. The maximum absolute atomic E-state index is 11.6. The highest BCUT2D eigenvalue weighted by molar-refractivity contribution is 5.95. The third-order valence-corrected chi connectivity index (χ3v) is 4.74. The molecule has 3 aromatic rings. The molecule has 1 N–H and O–H groups in total. The fraction of sp³-hybridized carbons (Fsp3) is 0.227. The van der Waals surface area contributed by atoms with E-state index in [1.165, 1.54) is 11.3 Å². The number of aryl methyl sites for hydroxylation is 2. The number of Topliss-reactive ketones (excluding diaryl/α,β-unsaturated/α-hetero) is 1. The van der Waals surface area contributed by atoms with E-state index in [1.54, 1.807) is 6.92 Å². The Kier molecular flexibility index (Phi) is 4.59. The second-order valence-electron chi connectivity index (χ2n) is 6.84. The Balaban J connectivity index is 1.67. The zero-order valence-corrected chi connectivity index (χ0v) is 15.6. The summed E-state index contributed by atoms with van der Waals surface area (Å²) in [5.41, 5.74) is 4.92. The van der Waals surface area contributed by atoms with Crippen LogP contribution < -0.4 is 10.2 Å². The van der Waals surface area contributed by atoms with Gasteiger partial charge in [0.25, 0.3) is 0 Å². The molecule has 0 radical (unpaired) electrons. The van der Waals surface area contributed by atoms with Crippen LogP contribution in [0.15, 0.2) is 54.6 Å². The minimum Gasteiger partial charge on any atom is -0.340 e. The number of benzene rings is 2. The number of rotatable bonds is 4. The molecule has 4 rings (SSSR count). The fourth-order valence-electron chi connectivity index (χ4n) is 3.44. The quantitative estimate of drug-likeness (QED) is 0.678. The summed E-state index contributed by atoms with van der Waals surface area (Å²) in [6.07, 6.45) is 2.17. The van der Waals surface area contributed by atoms with Crippen LogP contribution in [0.25, 0.3) is 0 Å². The number of carbonyl (C=O) groups excluding carboxylic acids is 1. The Hall–Kier alpha value is -3.21. The van der Waals surface area contributed by atoms with E-state index in [9.17, 15) is 4.79 Å². The topological polar surface area (TPSA) is 58.1 Å². The van der Waals surface area contributed by atoms with Gasteiger partial charge in [-0.15, -0.1) is 0 Å². The molecular weight excluding hydrogens is 336 g/mol. The van der Waals surface area contributed by atoms with Crippen LogP contribution in [0.2, 0.25) is 0 Å². The van der Waals surface area contributed by atoms with Gasteiger partial charge in [-0.25, -0.2) is 4.98 Å². The highest BCUT2D eigenvalue weighted by Crippen LogP contribution is 2.32. The van der Waals surface area contributed by atoms with Crippen LogP contribution in [-0.4, -0.2) is 22.3 Å². The van der Waals surface area contributed by atoms with E-state index in [0.29, 0.717) is 11.5 Å². The van der Waals surface area contributed by atoms with Gasteiger partial charge in [0.2, 0.25) is 5.95 Å². The van der Waals surface area contributed by atoms with Crippen molar-refractivity contribution in [2.24, 2.45) is 0 Å². The molecule has 1 aromatic heterocycles. The highest BCUT2D eigenvalue weighted by Gasteiger charge is 2.20. The normalized spacial score (nSPS) is 13.2. The third kappa shape index (κ3) is 3.67. The number of nitrogens with zero attached hydrogens (tertiary/aromatic N) is 3. The lowest BCUT2D eigenvalue weighted by molar-refractivity contribution is 0.101. The number of hydrogen-bond acceptors (Lipinski definition) is 5. The first-order chi connectivity index (χ1) is 13.1. The number of aromatic nitrogens is 2. The number of anilines is 4. The number of para-hydroxylation sites is 1. The molecule has 0 bridgehead atoms. The van der Waals surface area contributed by atoms with Crippen molar-refractivity contribution in [2.75, 3.05) is 16.8 Å². The van der Waals surface area contributed by atoms with Gasteiger partial charge >= 0.3 is 0 Å². The molecule has 1 aliphatic rings. The summed E-state index contributed by atoms with van der Waals surface area (Å²) >= 11 is 0. The van der Waals surface area contributed by atoms with Crippen molar-refractivity contribution in [1.82, 2.24) is 9.97 Å². The Bertz CT molecular complexity index is 999. The van der Waals surface area contributed by atoms with Crippen LogP contribution >= 0.6 is 0 Å². The van der Waals surface area contributed by atoms with Crippen LogP contribution in [-0.2, 0) is 6.42 Å². The standard InChI is InChI=1S/C22H22N4O/c1-15-13-21(24-19-10-5-8-18(14-19)16(2)27)25-22(23-15)26-12-6-9-17-7-3-4-11-20(17)26/h3-5,7-8,10-11,13-14H,6,9,12H2,1-2H3,(H,23,24,25). The Labute approximate surface area is 159 Å². The van der Waals surface area contributed by atoms with Crippen LogP contribution in [0.4, 0.5) is 23.1 Å². The van der Waals surface area contributed by atoms with Gasteiger partial charge in [0.15, 0.2) is 5.78 Å². The third-order valence-electron chi connectivity index (χ3n) is 4.74. The summed E-state index contributed by atoms with van der Waals surface area (Å²) in [6, 6.07) is 17.8. The molecule has 0 saturated heterocycles. The number of carbonyl (C=O) groups is 1. The monoisotopic (exact) mass is 358 g/mol. The maximum atomic E-state index is 11.6. The molecule has 0 unspecified atom stereocenters. The van der Waals surface area contributed by atoms with Gasteiger partial charge < -0.3 is 10.2 Å². The summed E-state index contributed by atoms with van der Waals surface area (Å²) in [5, 5.41) is 3.31. The van der Waals surface area contributed by atoms with Crippen molar-refractivity contribution >= 4 is 28.9 Å². The molecule has 0 fully saturated rings. The van der Waals surface area contributed by atoms with Crippen molar-refractivity contribution in [2.45, 2.75) is 26.7 Å². The number of hydrogen-bond donors (Lipinski definition) is 1. The van der Waals surface area contributed by atoms with Crippen LogP contribution in [0, 0.1) is 6.92 Å². The lowest BCUT2D eigenvalue weighted by Crippen LogP contribution is -2.26. The first-order valence-electron chi connectivity index (χ1n) is 9.19. The van der Waals surface area contributed by atoms with Gasteiger partial charge in [-0.2, -0.15) is 4.98 Å². The molecular formula is C22H22N4O. The fourth-order valence-corrected chi connectivity index (χ4v) is 3.44. The summed E-state index contributed by atoms with van der Waals surface area (Å²) in [5.74, 6) is 1.47. The smallest absolute Gasteiger partial charge is 0.232 e. The molecule has 0 atom stereocenters. The van der Waals surface area contributed by atoms with E-state index in [0.717, 1.165) is 36.6 Å². The molecule has 136 valence electrons. The minimum absolute atomic E-state index is 0.0446.